The van der Waals surface area contributed by atoms with E-state index in [1.54, 1.807) is 6.92 Å². The second-order valence-electron chi connectivity index (χ2n) is 4.71. The Balaban J connectivity index is 3.42. The fraction of sp³-hybridized carbons (Fsp3) is 0.500. The Kier molecular flexibility index (Phi) is 3.94. The van der Waals surface area contributed by atoms with Gasteiger partial charge in [0.15, 0.2) is 0 Å². The molecule has 0 fully saturated rings. The summed E-state index contributed by atoms with van der Waals surface area (Å²) in [6, 6.07) is 5.96. The van der Waals surface area contributed by atoms with Crippen LogP contribution in [-0.4, -0.2) is 29.6 Å². The Morgan fingerprint density at radius 1 is 1.41 bits per heavy atom. The lowest BCUT2D eigenvalue weighted by Crippen LogP contribution is -2.48. The number of rotatable bonds is 4. The van der Waals surface area contributed by atoms with E-state index in [1.165, 1.54) is 0 Å². The fourth-order valence-corrected chi connectivity index (χ4v) is 2.06. The molecule has 1 rings (SSSR count). The second-order valence-corrected chi connectivity index (χ2v) is 4.71. The molecule has 17 heavy (non-hydrogen) atoms. The summed E-state index contributed by atoms with van der Waals surface area (Å²) in [4.78, 5) is 13.5. The summed E-state index contributed by atoms with van der Waals surface area (Å²) in [7, 11) is 1.84. The Morgan fingerprint density at radius 3 is 2.47 bits per heavy atom. The molecule has 1 N–H and O–H groups in total. The van der Waals surface area contributed by atoms with Crippen molar-refractivity contribution in [1.29, 1.82) is 0 Å². The normalized spacial score (nSPS) is 14.7. The first-order valence-corrected chi connectivity index (χ1v) is 5.86. The molecule has 1 aromatic carbocycles. The lowest BCUT2D eigenvalue weighted by molar-refractivity contribution is -0.150. The molecule has 3 nitrogen and oxygen atoms in total. The molecule has 0 aliphatic rings. The maximum absolute atomic E-state index is 11.6. The summed E-state index contributed by atoms with van der Waals surface area (Å²) in [6.07, 6.45) is 0. The maximum Gasteiger partial charge on any atom is 0.328 e. The summed E-state index contributed by atoms with van der Waals surface area (Å²) in [5.74, 6) is -0.810. The summed E-state index contributed by atoms with van der Waals surface area (Å²) >= 11 is 0. The first kappa shape index (κ1) is 13.7. The van der Waals surface area contributed by atoms with Gasteiger partial charge in [0.1, 0.15) is 5.54 Å². The molecule has 94 valence electrons. The van der Waals surface area contributed by atoms with E-state index in [9.17, 15) is 9.90 Å². The van der Waals surface area contributed by atoms with E-state index in [-0.39, 0.29) is 0 Å². The highest BCUT2D eigenvalue weighted by Gasteiger charge is 2.39. The van der Waals surface area contributed by atoms with Crippen molar-refractivity contribution in [3.8, 4) is 0 Å². The Hall–Kier alpha value is -1.35. The van der Waals surface area contributed by atoms with Crippen LogP contribution >= 0.6 is 0 Å². The summed E-state index contributed by atoms with van der Waals surface area (Å²) in [5, 5.41) is 9.56. The predicted octanol–water partition coefficient (Wildman–Crippen LogP) is 2.55. The van der Waals surface area contributed by atoms with Gasteiger partial charge in [-0.2, -0.15) is 0 Å². The number of nitrogens with zero attached hydrogens (tertiary/aromatic N) is 1. The van der Waals surface area contributed by atoms with E-state index in [4.69, 9.17) is 0 Å². The summed E-state index contributed by atoms with van der Waals surface area (Å²) in [6.45, 7) is 8.36. The van der Waals surface area contributed by atoms with E-state index >= 15 is 0 Å². The van der Waals surface area contributed by atoms with Crippen molar-refractivity contribution in [3.05, 3.63) is 34.9 Å². The Bertz CT molecular complexity index is 428. The molecule has 3 heteroatoms. The smallest absolute Gasteiger partial charge is 0.328 e. The zero-order valence-corrected chi connectivity index (χ0v) is 11.2. The quantitative estimate of drug-likeness (QED) is 0.872. The minimum Gasteiger partial charge on any atom is -0.480 e. The van der Waals surface area contributed by atoms with E-state index in [1.807, 2.05) is 50.9 Å². The monoisotopic (exact) mass is 235 g/mol. The van der Waals surface area contributed by atoms with Crippen molar-refractivity contribution >= 4 is 5.97 Å². The van der Waals surface area contributed by atoms with E-state index in [0.29, 0.717) is 6.54 Å². The van der Waals surface area contributed by atoms with Crippen molar-refractivity contribution in [2.75, 3.05) is 13.6 Å². The van der Waals surface area contributed by atoms with Crippen molar-refractivity contribution in [2.45, 2.75) is 33.2 Å². The highest BCUT2D eigenvalue weighted by molar-refractivity contribution is 5.81. The lowest BCUT2D eigenvalue weighted by Gasteiger charge is -2.36. The highest BCUT2D eigenvalue weighted by atomic mass is 16.4. The molecule has 0 heterocycles. The molecule has 1 atom stereocenters. The van der Waals surface area contributed by atoms with Crippen LogP contribution in [0.5, 0.6) is 0 Å². The number of carboxylic acids is 1. The largest absolute Gasteiger partial charge is 0.480 e. The van der Waals surface area contributed by atoms with Crippen molar-refractivity contribution in [3.63, 3.8) is 0 Å². The van der Waals surface area contributed by atoms with Crippen LogP contribution in [0.25, 0.3) is 0 Å². The van der Waals surface area contributed by atoms with E-state index in [2.05, 4.69) is 0 Å². The minimum absolute atomic E-state index is 0.691. The molecule has 0 saturated carbocycles. The number of hydrogen-bond donors (Lipinski definition) is 1. The van der Waals surface area contributed by atoms with Crippen LogP contribution in [0.4, 0.5) is 0 Å². The Morgan fingerprint density at radius 2 is 2.00 bits per heavy atom. The average molecular weight is 235 g/mol. The van der Waals surface area contributed by atoms with Gasteiger partial charge in [-0.3, -0.25) is 4.90 Å². The van der Waals surface area contributed by atoms with Crippen LogP contribution in [0.1, 0.15) is 30.5 Å². The molecule has 0 bridgehead atoms. The number of aliphatic carboxylic acids is 1. The molecule has 0 aliphatic heterocycles. The van der Waals surface area contributed by atoms with Gasteiger partial charge in [0.05, 0.1) is 0 Å². The number of hydrogen-bond acceptors (Lipinski definition) is 2. The van der Waals surface area contributed by atoms with Crippen LogP contribution < -0.4 is 0 Å². The Labute approximate surface area is 103 Å². The van der Waals surface area contributed by atoms with Crippen molar-refractivity contribution < 1.29 is 9.90 Å². The van der Waals surface area contributed by atoms with Gasteiger partial charge in [-0.25, -0.2) is 4.79 Å². The van der Waals surface area contributed by atoms with Gasteiger partial charge in [-0.1, -0.05) is 30.7 Å². The molecule has 0 aliphatic carbocycles. The molecular formula is C14H21NO2. The van der Waals surface area contributed by atoms with Gasteiger partial charge in [-0.05, 0) is 45.5 Å². The van der Waals surface area contributed by atoms with Crippen molar-refractivity contribution in [1.82, 2.24) is 4.90 Å². The number of carbonyl (C=O) groups is 1. The van der Waals surface area contributed by atoms with E-state index < -0.39 is 11.5 Å². The fourth-order valence-electron chi connectivity index (χ4n) is 2.06. The predicted molar refractivity (Wildman–Crippen MR) is 69.2 cm³/mol. The summed E-state index contributed by atoms with van der Waals surface area (Å²) < 4.78 is 0. The van der Waals surface area contributed by atoms with Crippen molar-refractivity contribution in [2.24, 2.45) is 0 Å². The number of aryl methyl sites for hydroxylation is 2. The number of benzene rings is 1. The molecule has 0 spiro atoms. The van der Waals surface area contributed by atoms with Gasteiger partial charge in [-0.15, -0.1) is 0 Å². The number of likely N-dealkylation sites (N-methyl/N-ethyl adjacent to an activating group) is 1. The molecular weight excluding hydrogens is 214 g/mol. The molecule has 0 amide bonds. The lowest BCUT2D eigenvalue weighted by atomic mass is 9.86. The maximum atomic E-state index is 11.6. The number of carboxylic acid groups (broad SMARTS) is 1. The van der Waals surface area contributed by atoms with Crippen LogP contribution in [0, 0.1) is 13.8 Å². The topological polar surface area (TPSA) is 40.5 Å². The SMILES string of the molecule is CCN(C)C(C)(C(=O)O)c1cc(C)ccc1C. The molecule has 0 aromatic heterocycles. The zero-order valence-electron chi connectivity index (χ0n) is 11.2. The van der Waals surface area contributed by atoms with Gasteiger partial charge >= 0.3 is 5.97 Å². The molecule has 0 saturated heterocycles. The van der Waals surface area contributed by atoms with Gasteiger partial charge < -0.3 is 5.11 Å². The summed E-state index contributed by atoms with van der Waals surface area (Å²) in [5.41, 5.74) is 2.00. The molecule has 0 radical (unpaired) electrons. The van der Waals surface area contributed by atoms with Gasteiger partial charge in [0.25, 0.3) is 0 Å². The molecule has 1 aromatic rings. The zero-order chi connectivity index (χ0) is 13.2. The first-order valence-electron chi connectivity index (χ1n) is 5.86. The van der Waals surface area contributed by atoms with Crippen LogP contribution in [-0.2, 0) is 10.3 Å². The second kappa shape index (κ2) is 4.88. The third kappa shape index (κ3) is 2.34. The average Bonchev–Trinajstić information content (AvgIpc) is 2.29. The third-order valence-corrected chi connectivity index (χ3v) is 3.57. The highest BCUT2D eigenvalue weighted by Crippen LogP contribution is 2.30. The molecule has 1 unspecified atom stereocenters. The van der Waals surface area contributed by atoms with Crippen LogP contribution in [0.15, 0.2) is 18.2 Å². The minimum atomic E-state index is -0.967. The van der Waals surface area contributed by atoms with Crippen LogP contribution in [0.2, 0.25) is 0 Å². The van der Waals surface area contributed by atoms with E-state index in [0.717, 1.165) is 16.7 Å². The first-order chi connectivity index (χ1) is 7.83. The van der Waals surface area contributed by atoms with Gasteiger partial charge in [0.2, 0.25) is 0 Å². The third-order valence-electron chi connectivity index (χ3n) is 3.57. The standard InChI is InChI=1S/C14H21NO2/c1-6-15(5)14(4,13(16)17)12-9-10(2)7-8-11(12)3/h7-9H,6H2,1-5H3,(H,16,17). The van der Waals surface area contributed by atoms with Gasteiger partial charge in [0, 0.05) is 0 Å². The van der Waals surface area contributed by atoms with Crippen LogP contribution in [0.3, 0.4) is 0 Å².